The van der Waals surface area contributed by atoms with Crippen LogP contribution in [0.1, 0.15) is 19.8 Å². The summed E-state index contributed by atoms with van der Waals surface area (Å²) in [4.78, 5) is 39.0. The van der Waals surface area contributed by atoms with E-state index in [1.807, 2.05) is 6.92 Å². The van der Waals surface area contributed by atoms with Crippen molar-refractivity contribution in [2.75, 3.05) is 46.2 Å². The Kier molecular flexibility index (Phi) is 8.97. The molecular formula is C18H28N4O4. The predicted molar refractivity (Wildman–Crippen MR) is 100 cm³/mol. The van der Waals surface area contributed by atoms with Gasteiger partial charge in [-0.1, -0.05) is 13.3 Å². The van der Waals surface area contributed by atoms with Gasteiger partial charge >= 0.3 is 6.03 Å². The first-order chi connectivity index (χ1) is 12.4. The number of anilines is 1. The molecule has 0 atom stereocenters. The molecule has 0 bridgehead atoms. The minimum absolute atomic E-state index is 0.0766. The Balaban J connectivity index is 2.46. The zero-order valence-electron chi connectivity index (χ0n) is 15.9. The molecule has 8 heteroatoms. The first kappa shape index (κ1) is 21.3. The van der Waals surface area contributed by atoms with Gasteiger partial charge < -0.3 is 25.2 Å². The Hall–Kier alpha value is -2.77. The van der Waals surface area contributed by atoms with Crippen LogP contribution in [0, 0.1) is 0 Å². The maximum atomic E-state index is 12.1. The largest absolute Gasteiger partial charge is 0.497 e. The van der Waals surface area contributed by atoms with Crippen molar-refractivity contribution in [2.24, 2.45) is 0 Å². The number of hydrogen-bond acceptors (Lipinski definition) is 4. The van der Waals surface area contributed by atoms with Crippen molar-refractivity contribution in [3.63, 3.8) is 0 Å². The summed E-state index contributed by atoms with van der Waals surface area (Å²) in [7, 11) is 4.84. The van der Waals surface area contributed by atoms with Crippen molar-refractivity contribution in [1.29, 1.82) is 0 Å². The topological polar surface area (TPSA) is 91.0 Å². The third-order valence-electron chi connectivity index (χ3n) is 3.59. The van der Waals surface area contributed by atoms with Gasteiger partial charge in [-0.25, -0.2) is 4.79 Å². The molecule has 0 saturated heterocycles. The molecule has 1 aromatic carbocycles. The minimum Gasteiger partial charge on any atom is -0.497 e. The van der Waals surface area contributed by atoms with Crippen molar-refractivity contribution < 1.29 is 19.1 Å². The highest BCUT2D eigenvalue weighted by Crippen LogP contribution is 2.14. The van der Waals surface area contributed by atoms with E-state index >= 15 is 0 Å². The van der Waals surface area contributed by atoms with Crippen LogP contribution in [-0.2, 0) is 9.59 Å². The van der Waals surface area contributed by atoms with Gasteiger partial charge in [-0.2, -0.15) is 0 Å². The Bertz CT molecular complexity index is 602. The van der Waals surface area contributed by atoms with Crippen molar-refractivity contribution in [3.05, 3.63) is 24.3 Å². The highest BCUT2D eigenvalue weighted by atomic mass is 16.5. The van der Waals surface area contributed by atoms with Gasteiger partial charge in [-0.05, 0) is 30.7 Å². The number of nitrogens with zero attached hydrogens (tertiary/aromatic N) is 2. The van der Waals surface area contributed by atoms with E-state index in [1.54, 1.807) is 45.5 Å². The molecule has 0 saturated carbocycles. The molecule has 1 rings (SSSR count). The lowest BCUT2D eigenvalue weighted by atomic mass is 10.3. The van der Waals surface area contributed by atoms with Crippen LogP contribution in [0.5, 0.6) is 5.75 Å². The number of nitrogens with one attached hydrogen (secondary N) is 2. The lowest BCUT2D eigenvalue weighted by molar-refractivity contribution is -0.124. The van der Waals surface area contributed by atoms with Crippen molar-refractivity contribution in [1.82, 2.24) is 15.1 Å². The van der Waals surface area contributed by atoms with E-state index in [-0.39, 0.29) is 30.9 Å². The van der Waals surface area contributed by atoms with Crippen LogP contribution in [0.4, 0.5) is 10.5 Å². The number of urea groups is 1. The van der Waals surface area contributed by atoms with E-state index in [4.69, 9.17) is 4.74 Å². The molecule has 0 spiro atoms. The highest BCUT2D eigenvalue weighted by molar-refractivity contribution is 5.95. The van der Waals surface area contributed by atoms with Crippen LogP contribution in [0.3, 0.4) is 0 Å². The van der Waals surface area contributed by atoms with Crippen LogP contribution in [-0.4, -0.2) is 68.5 Å². The number of rotatable bonds is 9. The number of methoxy groups -OCH3 is 1. The maximum absolute atomic E-state index is 12.1. The van der Waals surface area contributed by atoms with Gasteiger partial charge in [0.15, 0.2) is 0 Å². The first-order valence-electron chi connectivity index (χ1n) is 8.54. The van der Waals surface area contributed by atoms with Crippen molar-refractivity contribution >= 4 is 23.5 Å². The molecule has 0 unspecified atom stereocenters. The fourth-order valence-electron chi connectivity index (χ4n) is 2.16. The summed E-state index contributed by atoms with van der Waals surface area (Å²) in [6, 6.07) is 6.65. The highest BCUT2D eigenvalue weighted by Gasteiger charge is 2.18. The van der Waals surface area contributed by atoms with E-state index in [2.05, 4.69) is 10.6 Å². The van der Waals surface area contributed by atoms with Gasteiger partial charge in [0.25, 0.3) is 0 Å². The molecule has 4 amide bonds. The normalized spacial score (nSPS) is 10.0. The summed E-state index contributed by atoms with van der Waals surface area (Å²) >= 11 is 0. The Labute approximate surface area is 154 Å². The van der Waals surface area contributed by atoms with Gasteiger partial charge in [-0.3, -0.25) is 9.59 Å². The van der Waals surface area contributed by atoms with Gasteiger partial charge in [0.2, 0.25) is 11.8 Å². The molecule has 8 nitrogen and oxygen atoms in total. The van der Waals surface area contributed by atoms with E-state index < -0.39 is 0 Å². The van der Waals surface area contributed by atoms with Crippen LogP contribution in [0.25, 0.3) is 0 Å². The average Bonchev–Trinajstić information content (AvgIpc) is 2.63. The summed E-state index contributed by atoms with van der Waals surface area (Å²) in [5.74, 6) is -0.0298. The van der Waals surface area contributed by atoms with Gasteiger partial charge in [0, 0.05) is 26.3 Å². The quantitative estimate of drug-likeness (QED) is 0.695. The molecule has 0 radical (unpaired) electrons. The fraction of sp³-hybridized carbons (Fsp3) is 0.500. The van der Waals surface area contributed by atoms with Crippen LogP contribution in [0.2, 0.25) is 0 Å². The molecule has 0 aliphatic heterocycles. The Morgan fingerprint density at radius 3 is 2.27 bits per heavy atom. The fourth-order valence-corrected chi connectivity index (χ4v) is 2.16. The van der Waals surface area contributed by atoms with Crippen LogP contribution in [0.15, 0.2) is 24.3 Å². The first-order valence-corrected chi connectivity index (χ1v) is 8.54. The summed E-state index contributed by atoms with van der Waals surface area (Å²) in [6.07, 6.45) is 1.73. The molecule has 1 aromatic rings. The molecule has 0 fully saturated rings. The molecule has 0 aliphatic carbocycles. The average molecular weight is 364 g/mol. The molecular weight excluding hydrogens is 336 g/mol. The molecule has 0 aliphatic rings. The zero-order valence-corrected chi connectivity index (χ0v) is 15.9. The zero-order chi connectivity index (χ0) is 19.5. The second-order valence-electron chi connectivity index (χ2n) is 6.01. The summed E-state index contributed by atoms with van der Waals surface area (Å²) < 4.78 is 5.05. The lowest BCUT2D eigenvalue weighted by Crippen LogP contribution is -2.46. The number of unbranched alkanes of at least 4 members (excludes halogenated alkanes) is 1. The van der Waals surface area contributed by atoms with Crippen molar-refractivity contribution in [2.45, 2.75) is 19.8 Å². The number of carbonyl (C=O) groups excluding carboxylic acids is 3. The van der Waals surface area contributed by atoms with Crippen LogP contribution < -0.4 is 15.4 Å². The molecule has 0 heterocycles. The standard InChI is InChI=1S/C18H28N4O4/c1-5-6-11-22(18(25)21(2)3)13-17(24)19-12-16(23)20-14-7-9-15(26-4)10-8-14/h7-10H,5-6,11-13H2,1-4H3,(H,19,24)(H,20,23). The lowest BCUT2D eigenvalue weighted by Gasteiger charge is -2.25. The number of benzene rings is 1. The van der Waals surface area contributed by atoms with E-state index in [0.29, 0.717) is 18.0 Å². The molecule has 144 valence electrons. The number of carbonyl (C=O) groups is 3. The number of hydrogen-bond donors (Lipinski definition) is 2. The SMILES string of the molecule is CCCCN(CC(=O)NCC(=O)Nc1ccc(OC)cc1)C(=O)N(C)C. The van der Waals surface area contributed by atoms with E-state index in [0.717, 1.165) is 12.8 Å². The van der Waals surface area contributed by atoms with E-state index in [1.165, 1.54) is 9.80 Å². The maximum Gasteiger partial charge on any atom is 0.319 e. The summed E-state index contributed by atoms with van der Waals surface area (Å²) in [5, 5.41) is 5.22. The smallest absolute Gasteiger partial charge is 0.319 e. The van der Waals surface area contributed by atoms with E-state index in [9.17, 15) is 14.4 Å². The van der Waals surface area contributed by atoms with Gasteiger partial charge in [-0.15, -0.1) is 0 Å². The summed E-state index contributed by atoms with van der Waals surface area (Å²) in [6.45, 7) is 2.27. The monoisotopic (exact) mass is 364 g/mol. The van der Waals surface area contributed by atoms with Gasteiger partial charge in [0.1, 0.15) is 12.3 Å². The molecule has 2 N–H and O–H groups in total. The Morgan fingerprint density at radius 2 is 1.73 bits per heavy atom. The van der Waals surface area contributed by atoms with Gasteiger partial charge in [0.05, 0.1) is 13.7 Å². The second kappa shape index (κ2) is 11.0. The Morgan fingerprint density at radius 1 is 1.08 bits per heavy atom. The van der Waals surface area contributed by atoms with Crippen molar-refractivity contribution in [3.8, 4) is 5.75 Å². The third kappa shape index (κ3) is 7.42. The number of ether oxygens (including phenoxy) is 1. The molecule has 26 heavy (non-hydrogen) atoms. The minimum atomic E-state index is -0.374. The van der Waals surface area contributed by atoms with Crippen LogP contribution >= 0.6 is 0 Å². The third-order valence-corrected chi connectivity index (χ3v) is 3.59. The number of amides is 4. The predicted octanol–water partition coefficient (Wildman–Crippen LogP) is 1.53. The summed E-state index contributed by atoms with van der Waals surface area (Å²) in [5.41, 5.74) is 0.609. The second-order valence-corrected chi connectivity index (χ2v) is 6.01. The molecule has 0 aromatic heterocycles.